The molecule has 15 heavy (non-hydrogen) atoms. The fourth-order valence-electron chi connectivity index (χ4n) is 1.45. The molecule has 0 saturated carbocycles. The first-order valence-corrected chi connectivity index (χ1v) is 4.79. The molecule has 0 saturated heterocycles. The normalized spacial score (nSPS) is 10.7. The average molecular weight is 205 g/mol. The zero-order valence-electron chi connectivity index (χ0n) is 8.34. The summed E-state index contributed by atoms with van der Waals surface area (Å²) in [5, 5.41) is 13.1. The lowest BCUT2D eigenvalue weighted by molar-refractivity contribution is 0.0688. The molecule has 78 valence electrons. The van der Waals surface area contributed by atoms with E-state index in [1.807, 2.05) is 6.07 Å². The van der Waals surface area contributed by atoms with E-state index in [1.54, 1.807) is 6.07 Å². The van der Waals surface area contributed by atoms with Gasteiger partial charge in [0.15, 0.2) is 11.3 Å². The van der Waals surface area contributed by atoms with Gasteiger partial charge in [-0.05, 0) is 18.6 Å². The van der Waals surface area contributed by atoms with Crippen LogP contribution in [0.15, 0.2) is 18.3 Å². The number of aromatic nitrogens is 3. The quantitative estimate of drug-likeness (QED) is 0.821. The fourth-order valence-corrected chi connectivity index (χ4v) is 1.45. The molecule has 2 heterocycles. The van der Waals surface area contributed by atoms with E-state index in [9.17, 15) is 4.79 Å². The molecule has 2 aromatic rings. The summed E-state index contributed by atoms with van der Waals surface area (Å²) in [6.45, 7) is 2.05. The van der Waals surface area contributed by atoms with Crippen molar-refractivity contribution in [2.45, 2.75) is 19.8 Å². The standard InChI is InChI=1S/C10H11N3O2/c1-2-3-7-4-5-9-11-6-8(10(14)15)13(9)12-7/h4-6H,2-3H2,1H3,(H,14,15). The summed E-state index contributed by atoms with van der Waals surface area (Å²) in [6.07, 6.45) is 3.14. The van der Waals surface area contributed by atoms with E-state index >= 15 is 0 Å². The van der Waals surface area contributed by atoms with Crippen LogP contribution in [0.4, 0.5) is 0 Å². The molecule has 5 nitrogen and oxygen atoms in total. The van der Waals surface area contributed by atoms with Crippen molar-refractivity contribution in [3.8, 4) is 0 Å². The molecule has 1 N–H and O–H groups in total. The van der Waals surface area contributed by atoms with Gasteiger partial charge in [0.05, 0.1) is 11.9 Å². The highest BCUT2D eigenvalue weighted by molar-refractivity contribution is 5.86. The fraction of sp³-hybridized carbons (Fsp3) is 0.300. The van der Waals surface area contributed by atoms with Crippen molar-refractivity contribution in [1.82, 2.24) is 14.6 Å². The molecule has 0 radical (unpaired) electrons. The predicted octanol–water partition coefficient (Wildman–Crippen LogP) is 1.38. The van der Waals surface area contributed by atoms with Crippen LogP contribution < -0.4 is 0 Å². The van der Waals surface area contributed by atoms with Gasteiger partial charge in [-0.1, -0.05) is 13.3 Å². The Morgan fingerprint density at radius 1 is 1.53 bits per heavy atom. The molecule has 0 aliphatic heterocycles. The SMILES string of the molecule is CCCc1ccc2ncc(C(=O)O)n2n1. The second kappa shape index (κ2) is 3.68. The van der Waals surface area contributed by atoms with E-state index in [1.165, 1.54) is 10.7 Å². The number of carbonyl (C=O) groups is 1. The van der Waals surface area contributed by atoms with Crippen LogP contribution in [0.25, 0.3) is 5.65 Å². The summed E-state index contributed by atoms with van der Waals surface area (Å²) in [4.78, 5) is 14.8. The van der Waals surface area contributed by atoms with Gasteiger partial charge in [-0.3, -0.25) is 0 Å². The van der Waals surface area contributed by atoms with Gasteiger partial charge in [0.1, 0.15) is 0 Å². The Morgan fingerprint density at radius 3 is 3.00 bits per heavy atom. The van der Waals surface area contributed by atoms with E-state index in [2.05, 4.69) is 17.0 Å². The molecule has 0 spiro atoms. The van der Waals surface area contributed by atoms with Gasteiger partial charge in [-0.2, -0.15) is 5.10 Å². The number of imidazole rings is 1. The predicted molar refractivity (Wildman–Crippen MR) is 53.9 cm³/mol. The van der Waals surface area contributed by atoms with Gasteiger partial charge < -0.3 is 5.11 Å². The third-order valence-electron chi connectivity index (χ3n) is 2.14. The van der Waals surface area contributed by atoms with Crippen molar-refractivity contribution < 1.29 is 9.90 Å². The number of nitrogens with zero attached hydrogens (tertiary/aromatic N) is 3. The Morgan fingerprint density at radius 2 is 2.33 bits per heavy atom. The summed E-state index contributed by atoms with van der Waals surface area (Å²) in [5.41, 5.74) is 1.54. The van der Waals surface area contributed by atoms with Crippen molar-refractivity contribution in [2.75, 3.05) is 0 Å². The van der Waals surface area contributed by atoms with Crippen molar-refractivity contribution in [3.05, 3.63) is 29.7 Å². The topological polar surface area (TPSA) is 67.5 Å². The lowest BCUT2D eigenvalue weighted by Gasteiger charge is -2.00. The molecule has 0 unspecified atom stereocenters. The number of hydrogen-bond acceptors (Lipinski definition) is 3. The number of carboxylic acid groups (broad SMARTS) is 1. The average Bonchev–Trinajstić information content (AvgIpc) is 2.61. The lowest BCUT2D eigenvalue weighted by atomic mass is 10.2. The molecule has 5 heteroatoms. The Balaban J connectivity index is 2.56. The number of fused-ring (bicyclic) bond motifs is 1. The third-order valence-corrected chi connectivity index (χ3v) is 2.14. The van der Waals surface area contributed by atoms with E-state index in [4.69, 9.17) is 5.11 Å². The van der Waals surface area contributed by atoms with Crippen molar-refractivity contribution >= 4 is 11.6 Å². The highest BCUT2D eigenvalue weighted by Crippen LogP contribution is 2.07. The lowest BCUT2D eigenvalue weighted by Crippen LogP contribution is -2.06. The van der Waals surface area contributed by atoms with E-state index in [0.29, 0.717) is 5.65 Å². The molecule has 0 atom stereocenters. The molecule has 0 fully saturated rings. The van der Waals surface area contributed by atoms with Crippen LogP contribution in [0, 0.1) is 0 Å². The minimum atomic E-state index is -1.01. The van der Waals surface area contributed by atoms with Crippen LogP contribution in [0.3, 0.4) is 0 Å². The van der Waals surface area contributed by atoms with Crippen molar-refractivity contribution in [1.29, 1.82) is 0 Å². The van der Waals surface area contributed by atoms with Gasteiger partial charge in [0.25, 0.3) is 0 Å². The maximum absolute atomic E-state index is 10.8. The summed E-state index contributed by atoms with van der Waals surface area (Å²) >= 11 is 0. The second-order valence-electron chi connectivity index (χ2n) is 3.29. The summed E-state index contributed by atoms with van der Waals surface area (Å²) in [6, 6.07) is 3.65. The van der Waals surface area contributed by atoms with Gasteiger partial charge in [-0.25, -0.2) is 14.3 Å². The maximum atomic E-state index is 10.8. The first-order chi connectivity index (χ1) is 7.22. The number of rotatable bonds is 3. The molecular weight excluding hydrogens is 194 g/mol. The highest BCUT2D eigenvalue weighted by Gasteiger charge is 2.11. The number of carboxylic acids is 1. The Kier molecular flexibility index (Phi) is 2.37. The van der Waals surface area contributed by atoms with E-state index in [0.717, 1.165) is 18.5 Å². The molecule has 2 rings (SSSR count). The highest BCUT2D eigenvalue weighted by atomic mass is 16.4. The zero-order valence-corrected chi connectivity index (χ0v) is 8.34. The van der Waals surface area contributed by atoms with Crippen LogP contribution in [-0.2, 0) is 6.42 Å². The van der Waals surface area contributed by atoms with Crippen molar-refractivity contribution in [2.24, 2.45) is 0 Å². The molecule has 0 aliphatic carbocycles. The third kappa shape index (κ3) is 1.68. The molecule has 0 aliphatic rings. The van der Waals surface area contributed by atoms with Crippen LogP contribution in [-0.4, -0.2) is 25.7 Å². The first kappa shape index (κ1) is 9.64. The Labute approximate surface area is 86.4 Å². The molecular formula is C10H11N3O2. The smallest absolute Gasteiger partial charge is 0.356 e. The van der Waals surface area contributed by atoms with E-state index in [-0.39, 0.29) is 5.69 Å². The molecule has 2 aromatic heterocycles. The van der Waals surface area contributed by atoms with Crippen LogP contribution in [0.2, 0.25) is 0 Å². The molecule has 0 aromatic carbocycles. The largest absolute Gasteiger partial charge is 0.476 e. The number of aromatic carboxylic acids is 1. The zero-order chi connectivity index (χ0) is 10.8. The monoisotopic (exact) mass is 205 g/mol. The molecule has 0 amide bonds. The van der Waals surface area contributed by atoms with Crippen LogP contribution >= 0.6 is 0 Å². The number of aryl methyl sites for hydroxylation is 1. The Bertz CT molecular complexity index is 504. The van der Waals surface area contributed by atoms with Crippen LogP contribution in [0.1, 0.15) is 29.5 Å². The minimum Gasteiger partial charge on any atom is -0.476 e. The van der Waals surface area contributed by atoms with Gasteiger partial charge in [0.2, 0.25) is 0 Å². The second-order valence-corrected chi connectivity index (χ2v) is 3.29. The van der Waals surface area contributed by atoms with Gasteiger partial charge >= 0.3 is 5.97 Å². The summed E-state index contributed by atoms with van der Waals surface area (Å²) in [7, 11) is 0. The van der Waals surface area contributed by atoms with Gasteiger partial charge in [-0.15, -0.1) is 0 Å². The summed E-state index contributed by atoms with van der Waals surface area (Å²) < 4.78 is 1.37. The number of hydrogen-bond donors (Lipinski definition) is 1. The molecule has 0 bridgehead atoms. The van der Waals surface area contributed by atoms with E-state index < -0.39 is 5.97 Å². The Hall–Kier alpha value is -1.91. The minimum absolute atomic E-state index is 0.1000. The van der Waals surface area contributed by atoms with Crippen LogP contribution in [0.5, 0.6) is 0 Å². The van der Waals surface area contributed by atoms with Gasteiger partial charge in [0, 0.05) is 0 Å². The van der Waals surface area contributed by atoms with Crippen molar-refractivity contribution in [3.63, 3.8) is 0 Å². The first-order valence-electron chi connectivity index (χ1n) is 4.79. The maximum Gasteiger partial charge on any atom is 0.356 e. The summed E-state index contributed by atoms with van der Waals surface area (Å²) in [5.74, 6) is -1.01.